The minimum Gasteiger partial charge on any atom is -0.392 e. The van der Waals surface area contributed by atoms with E-state index in [-0.39, 0.29) is 6.10 Å². The van der Waals surface area contributed by atoms with Crippen LogP contribution in [0.5, 0.6) is 0 Å². The van der Waals surface area contributed by atoms with Crippen LogP contribution in [0, 0.1) is 0 Å². The molecule has 3 unspecified atom stereocenters. The molecular weight excluding hydrogens is 198 g/mol. The molecule has 2 heteroatoms. The fourth-order valence-electron chi connectivity index (χ4n) is 2.53. The molecule has 0 saturated heterocycles. The number of aliphatic hydroxyl groups is 1. The van der Waals surface area contributed by atoms with Gasteiger partial charge in [0.1, 0.15) is 0 Å². The van der Waals surface area contributed by atoms with E-state index in [0.29, 0.717) is 18.5 Å². The quantitative estimate of drug-likeness (QED) is 0.819. The Hall–Kier alpha value is -0.860. The van der Waals surface area contributed by atoms with E-state index in [1.165, 1.54) is 24.0 Å². The van der Waals surface area contributed by atoms with E-state index < -0.39 is 0 Å². The summed E-state index contributed by atoms with van der Waals surface area (Å²) in [5, 5.41) is 12.8. The molecule has 88 valence electrons. The van der Waals surface area contributed by atoms with Gasteiger partial charge in [0.15, 0.2) is 0 Å². The van der Waals surface area contributed by atoms with Crippen LogP contribution in [0.4, 0.5) is 0 Å². The van der Waals surface area contributed by atoms with Gasteiger partial charge in [-0.25, -0.2) is 0 Å². The lowest BCUT2D eigenvalue weighted by Gasteiger charge is -2.30. The molecular formula is C14H21NO. The van der Waals surface area contributed by atoms with Crippen LogP contribution in [0.2, 0.25) is 0 Å². The maximum Gasteiger partial charge on any atom is 0.0636 e. The third-order valence-electron chi connectivity index (χ3n) is 3.45. The number of rotatable bonds is 3. The van der Waals surface area contributed by atoms with Gasteiger partial charge in [-0.3, -0.25) is 0 Å². The summed E-state index contributed by atoms with van der Waals surface area (Å²) in [5.74, 6) is 0.667. The molecule has 0 radical (unpaired) electrons. The van der Waals surface area contributed by atoms with Crippen LogP contribution in [0.3, 0.4) is 0 Å². The molecule has 16 heavy (non-hydrogen) atoms. The topological polar surface area (TPSA) is 32.3 Å². The summed E-state index contributed by atoms with van der Waals surface area (Å²) in [5.41, 5.74) is 2.89. The Balaban J connectivity index is 2.15. The summed E-state index contributed by atoms with van der Waals surface area (Å²) in [6.07, 6.45) is 2.13. The van der Waals surface area contributed by atoms with Crippen LogP contribution in [-0.4, -0.2) is 17.8 Å². The minimum atomic E-state index is -0.272. The van der Waals surface area contributed by atoms with Gasteiger partial charge in [-0.2, -0.15) is 0 Å². The average molecular weight is 219 g/mol. The second-order valence-corrected chi connectivity index (χ2v) is 4.92. The predicted octanol–water partition coefficient (Wildman–Crippen LogP) is 2.60. The molecule has 1 aliphatic rings. The lowest BCUT2D eigenvalue weighted by atomic mass is 9.81. The maximum atomic E-state index is 9.32. The van der Waals surface area contributed by atoms with Gasteiger partial charge in [0.2, 0.25) is 0 Å². The first-order chi connectivity index (χ1) is 7.68. The molecule has 1 aromatic rings. The van der Waals surface area contributed by atoms with Gasteiger partial charge in [-0.1, -0.05) is 31.2 Å². The van der Waals surface area contributed by atoms with Gasteiger partial charge < -0.3 is 10.4 Å². The Bertz CT molecular complexity index is 348. The van der Waals surface area contributed by atoms with Gasteiger partial charge in [-0.05, 0) is 36.8 Å². The van der Waals surface area contributed by atoms with Crippen molar-refractivity contribution < 1.29 is 5.11 Å². The number of hydrogen-bond acceptors (Lipinski definition) is 2. The van der Waals surface area contributed by atoms with Crippen molar-refractivity contribution in [2.75, 3.05) is 6.54 Å². The van der Waals surface area contributed by atoms with E-state index in [2.05, 4.69) is 36.5 Å². The normalized spacial score (nSPS) is 26.2. The van der Waals surface area contributed by atoms with E-state index in [1.807, 2.05) is 6.92 Å². The van der Waals surface area contributed by atoms with E-state index in [1.54, 1.807) is 0 Å². The van der Waals surface area contributed by atoms with Crippen molar-refractivity contribution in [1.82, 2.24) is 5.32 Å². The zero-order valence-corrected chi connectivity index (χ0v) is 10.1. The highest BCUT2D eigenvalue weighted by molar-refractivity contribution is 5.34. The standard InChI is InChI=1S/C14H21NO/c1-10-7-8-14(15-9-11(2)16)13-6-4-3-5-12(10)13/h3-6,10-11,14-16H,7-9H2,1-2H3. The highest BCUT2D eigenvalue weighted by Crippen LogP contribution is 2.36. The minimum absolute atomic E-state index is 0.272. The smallest absolute Gasteiger partial charge is 0.0636 e. The van der Waals surface area contributed by atoms with Crippen LogP contribution < -0.4 is 5.32 Å². The Morgan fingerprint density at radius 1 is 1.31 bits per heavy atom. The fourth-order valence-corrected chi connectivity index (χ4v) is 2.53. The highest BCUT2D eigenvalue weighted by atomic mass is 16.3. The number of benzene rings is 1. The molecule has 3 atom stereocenters. The molecule has 0 aliphatic heterocycles. The summed E-state index contributed by atoms with van der Waals surface area (Å²) in [7, 11) is 0. The Morgan fingerprint density at radius 3 is 2.69 bits per heavy atom. The number of hydrogen-bond donors (Lipinski definition) is 2. The fraction of sp³-hybridized carbons (Fsp3) is 0.571. The summed E-state index contributed by atoms with van der Waals surface area (Å²) in [6, 6.07) is 9.09. The van der Waals surface area contributed by atoms with Crippen LogP contribution >= 0.6 is 0 Å². The molecule has 0 fully saturated rings. The molecule has 1 aliphatic carbocycles. The van der Waals surface area contributed by atoms with Crippen molar-refractivity contribution in [1.29, 1.82) is 0 Å². The van der Waals surface area contributed by atoms with Gasteiger partial charge in [0, 0.05) is 12.6 Å². The summed E-state index contributed by atoms with van der Waals surface area (Å²) >= 11 is 0. The molecule has 0 saturated carbocycles. The van der Waals surface area contributed by atoms with Gasteiger partial charge in [0.25, 0.3) is 0 Å². The summed E-state index contributed by atoms with van der Waals surface area (Å²) < 4.78 is 0. The molecule has 2 rings (SSSR count). The monoisotopic (exact) mass is 219 g/mol. The second-order valence-electron chi connectivity index (χ2n) is 4.92. The highest BCUT2D eigenvalue weighted by Gasteiger charge is 2.23. The number of nitrogens with one attached hydrogen (secondary N) is 1. The third kappa shape index (κ3) is 2.45. The molecule has 1 aromatic carbocycles. The third-order valence-corrected chi connectivity index (χ3v) is 3.45. The molecule has 0 bridgehead atoms. The van der Waals surface area contributed by atoms with E-state index in [4.69, 9.17) is 0 Å². The van der Waals surface area contributed by atoms with Crippen LogP contribution in [0.15, 0.2) is 24.3 Å². The SMILES string of the molecule is CC(O)CNC1CCC(C)c2ccccc21. The number of fused-ring (bicyclic) bond motifs is 1. The first-order valence-electron chi connectivity index (χ1n) is 6.18. The van der Waals surface area contributed by atoms with Crippen LogP contribution in [0.1, 0.15) is 49.8 Å². The van der Waals surface area contributed by atoms with E-state index >= 15 is 0 Å². The van der Waals surface area contributed by atoms with Crippen molar-refractivity contribution in [3.05, 3.63) is 35.4 Å². The lowest BCUT2D eigenvalue weighted by Crippen LogP contribution is -2.31. The van der Waals surface area contributed by atoms with Gasteiger partial charge >= 0.3 is 0 Å². The lowest BCUT2D eigenvalue weighted by molar-refractivity contribution is 0.184. The van der Waals surface area contributed by atoms with Crippen molar-refractivity contribution in [3.63, 3.8) is 0 Å². The zero-order valence-electron chi connectivity index (χ0n) is 10.1. The summed E-state index contributed by atoms with van der Waals surface area (Å²) in [6.45, 7) is 4.79. The molecule has 2 nitrogen and oxygen atoms in total. The van der Waals surface area contributed by atoms with E-state index in [0.717, 1.165) is 0 Å². The zero-order chi connectivity index (χ0) is 11.5. The Labute approximate surface area is 97.7 Å². The van der Waals surface area contributed by atoms with Crippen molar-refractivity contribution >= 4 is 0 Å². The second kappa shape index (κ2) is 4.98. The summed E-state index contributed by atoms with van der Waals surface area (Å²) in [4.78, 5) is 0. The maximum absolute atomic E-state index is 9.32. The van der Waals surface area contributed by atoms with E-state index in [9.17, 15) is 5.11 Å². The average Bonchev–Trinajstić information content (AvgIpc) is 2.28. The number of aliphatic hydroxyl groups excluding tert-OH is 1. The van der Waals surface area contributed by atoms with Gasteiger partial charge in [-0.15, -0.1) is 0 Å². The van der Waals surface area contributed by atoms with Gasteiger partial charge in [0.05, 0.1) is 6.10 Å². The molecule has 0 aromatic heterocycles. The first-order valence-corrected chi connectivity index (χ1v) is 6.18. The first kappa shape index (κ1) is 11.6. The predicted molar refractivity (Wildman–Crippen MR) is 66.5 cm³/mol. The Kier molecular flexibility index (Phi) is 3.62. The molecule has 0 amide bonds. The molecule has 0 heterocycles. The molecule has 2 N–H and O–H groups in total. The van der Waals surface area contributed by atoms with Crippen LogP contribution in [0.25, 0.3) is 0 Å². The Morgan fingerprint density at radius 2 is 2.00 bits per heavy atom. The van der Waals surface area contributed by atoms with Crippen molar-refractivity contribution in [3.8, 4) is 0 Å². The molecule has 0 spiro atoms. The largest absolute Gasteiger partial charge is 0.392 e. The van der Waals surface area contributed by atoms with Crippen molar-refractivity contribution in [2.45, 2.75) is 44.8 Å². The van der Waals surface area contributed by atoms with Crippen molar-refractivity contribution in [2.24, 2.45) is 0 Å². The van der Waals surface area contributed by atoms with Crippen LogP contribution in [-0.2, 0) is 0 Å².